The van der Waals surface area contributed by atoms with E-state index in [9.17, 15) is 0 Å². The molecule has 0 spiro atoms. The maximum absolute atomic E-state index is 4.78. The highest BCUT2D eigenvalue weighted by molar-refractivity contribution is 7.73. The van der Waals surface area contributed by atoms with E-state index in [0.29, 0.717) is 0 Å². The second-order valence-electron chi connectivity index (χ2n) is 7.31. The molecule has 3 aromatic rings. The van der Waals surface area contributed by atoms with E-state index < -0.39 is 7.92 Å². The molecule has 1 aromatic heterocycles. The monoisotopic (exact) mass is 391 g/mol. The van der Waals surface area contributed by atoms with Crippen LogP contribution in [0.15, 0.2) is 85.1 Å². The summed E-state index contributed by atoms with van der Waals surface area (Å²) in [6, 6.07) is 28.1. The number of nitrogens with zero attached hydrogens (tertiary/aromatic N) is 3. The third-order valence-electron chi connectivity index (χ3n) is 4.80. The lowest BCUT2D eigenvalue weighted by Crippen LogP contribution is -2.32. The number of aromatic nitrogens is 1. The Morgan fingerprint density at radius 1 is 0.750 bits per heavy atom. The minimum absolute atomic E-state index is 0.239. The van der Waals surface area contributed by atoms with Crippen LogP contribution in [0.5, 0.6) is 0 Å². The van der Waals surface area contributed by atoms with Gasteiger partial charge in [0.05, 0.1) is 11.5 Å². The Kier molecular flexibility index (Phi) is 7.73. The summed E-state index contributed by atoms with van der Waals surface area (Å²) < 4.78 is 0. The summed E-state index contributed by atoms with van der Waals surface area (Å²) >= 11 is 0. The van der Waals surface area contributed by atoms with Crippen molar-refractivity contribution in [2.45, 2.75) is 12.2 Å². The quantitative estimate of drug-likeness (QED) is 0.512. The number of rotatable bonds is 9. The summed E-state index contributed by atoms with van der Waals surface area (Å²) in [4.78, 5) is 9.53. The summed E-state index contributed by atoms with van der Waals surface area (Å²) in [6.07, 6.45) is 3.05. The third kappa shape index (κ3) is 5.48. The van der Waals surface area contributed by atoms with Crippen LogP contribution in [0.1, 0.15) is 17.9 Å². The van der Waals surface area contributed by atoms with Crippen LogP contribution in [0, 0.1) is 0 Å². The Balaban J connectivity index is 2.01. The van der Waals surface area contributed by atoms with Crippen molar-refractivity contribution in [1.29, 1.82) is 0 Å². The second-order valence-corrected chi connectivity index (χ2v) is 9.57. The van der Waals surface area contributed by atoms with Gasteiger partial charge >= 0.3 is 0 Å². The van der Waals surface area contributed by atoms with Crippen molar-refractivity contribution in [3.05, 3.63) is 90.8 Å². The number of benzene rings is 2. The third-order valence-corrected chi connectivity index (χ3v) is 7.66. The zero-order valence-electron chi connectivity index (χ0n) is 17.1. The minimum atomic E-state index is -0.612. The summed E-state index contributed by atoms with van der Waals surface area (Å²) in [5.74, 6) is 0.239. The van der Waals surface area contributed by atoms with Gasteiger partial charge in [-0.25, -0.2) is 0 Å². The van der Waals surface area contributed by atoms with E-state index in [1.54, 1.807) is 0 Å². The van der Waals surface area contributed by atoms with Crippen LogP contribution in [0.25, 0.3) is 0 Å². The predicted octanol–water partition coefficient (Wildman–Crippen LogP) is 4.10. The average molecular weight is 391 g/mol. The van der Waals surface area contributed by atoms with Gasteiger partial charge in [0.15, 0.2) is 0 Å². The second kappa shape index (κ2) is 10.5. The molecule has 0 bridgehead atoms. The summed E-state index contributed by atoms with van der Waals surface area (Å²) in [7, 11) is 5.91. The van der Waals surface area contributed by atoms with Crippen LogP contribution in [0.3, 0.4) is 0 Å². The topological polar surface area (TPSA) is 19.4 Å². The Morgan fingerprint density at radius 2 is 1.32 bits per heavy atom. The van der Waals surface area contributed by atoms with Crippen LogP contribution in [-0.4, -0.2) is 49.0 Å². The SMILES string of the molecule is CN(C)CCCN(C)C(c1ccccn1)P(c1ccccc1)c1ccccc1. The fourth-order valence-electron chi connectivity index (χ4n) is 3.45. The van der Waals surface area contributed by atoms with Gasteiger partial charge in [0.2, 0.25) is 0 Å². The first-order chi connectivity index (χ1) is 13.7. The molecule has 0 fully saturated rings. The summed E-state index contributed by atoms with van der Waals surface area (Å²) in [5.41, 5.74) is 1.15. The molecular weight excluding hydrogens is 361 g/mol. The lowest BCUT2D eigenvalue weighted by atomic mass is 10.3. The standard InChI is InChI=1S/C24H30N3P/c1-26(2)19-12-20-27(3)24(23-17-10-11-18-25-23)28(21-13-6-4-7-14-21)22-15-8-5-9-16-22/h4-11,13-18,24H,12,19-20H2,1-3H3. The van der Waals surface area contributed by atoms with Gasteiger partial charge in [-0.2, -0.15) is 0 Å². The molecule has 0 N–H and O–H groups in total. The number of hydrogen-bond acceptors (Lipinski definition) is 3. The van der Waals surface area contributed by atoms with Crippen molar-refractivity contribution in [2.24, 2.45) is 0 Å². The van der Waals surface area contributed by atoms with E-state index in [0.717, 1.165) is 25.2 Å². The molecule has 0 aliphatic heterocycles. The van der Waals surface area contributed by atoms with Crippen LogP contribution >= 0.6 is 7.92 Å². The fourth-order valence-corrected chi connectivity index (χ4v) is 6.23. The maximum atomic E-state index is 4.78. The summed E-state index contributed by atoms with van der Waals surface area (Å²) in [5, 5.41) is 2.78. The van der Waals surface area contributed by atoms with Crippen molar-refractivity contribution in [3.63, 3.8) is 0 Å². The van der Waals surface area contributed by atoms with Gasteiger partial charge in [-0.1, -0.05) is 66.7 Å². The Morgan fingerprint density at radius 3 is 1.82 bits per heavy atom. The maximum Gasteiger partial charge on any atom is 0.0802 e. The van der Waals surface area contributed by atoms with Gasteiger partial charge in [0, 0.05) is 12.7 Å². The molecule has 0 radical (unpaired) electrons. The van der Waals surface area contributed by atoms with Crippen LogP contribution in [-0.2, 0) is 0 Å². The van der Waals surface area contributed by atoms with Gasteiger partial charge in [-0.15, -0.1) is 0 Å². The normalized spacial score (nSPS) is 12.6. The average Bonchev–Trinajstić information content (AvgIpc) is 2.73. The highest BCUT2D eigenvalue weighted by atomic mass is 31.1. The highest BCUT2D eigenvalue weighted by Gasteiger charge is 2.30. The van der Waals surface area contributed by atoms with Gasteiger partial charge in [-0.05, 0) is 64.8 Å². The van der Waals surface area contributed by atoms with E-state index in [1.165, 1.54) is 10.6 Å². The van der Waals surface area contributed by atoms with Gasteiger partial charge in [-0.3, -0.25) is 9.88 Å². The lowest BCUT2D eigenvalue weighted by molar-refractivity contribution is 0.283. The van der Waals surface area contributed by atoms with E-state index in [4.69, 9.17) is 4.98 Å². The molecule has 3 rings (SSSR count). The molecule has 4 heteroatoms. The van der Waals surface area contributed by atoms with Crippen molar-refractivity contribution in [3.8, 4) is 0 Å². The molecule has 2 aromatic carbocycles. The smallest absolute Gasteiger partial charge is 0.0802 e. The molecule has 1 heterocycles. The van der Waals surface area contributed by atoms with Gasteiger partial charge in [0.25, 0.3) is 0 Å². The van der Waals surface area contributed by atoms with Crippen LogP contribution in [0.4, 0.5) is 0 Å². The molecule has 0 aliphatic carbocycles. The molecule has 0 saturated heterocycles. The first-order valence-corrected chi connectivity index (χ1v) is 11.2. The van der Waals surface area contributed by atoms with E-state index in [-0.39, 0.29) is 5.78 Å². The van der Waals surface area contributed by atoms with Crippen molar-refractivity contribution in [2.75, 3.05) is 34.2 Å². The molecule has 3 nitrogen and oxygen atoms in total. The first kappa shape index (κ1) is 20.7. The number of hydrogen-bond donors (Lipinski definition) is 0. The Bertz CT molecular complexity index is 770. The molecule has 146 valence electrons. The predicted molar refractivity (Wildman–Crippen MR) is 122 cm³/mol. The zero-order valence-corrected chi connectivity index (χ0v) is 18.0. The van der Waals surface area contributed by atoms with Crippen molar-refractivity contribution >= 4 is 18.5 Å². The van der Waals surface area contributed by atoms with Gasteiger partial charge in [0.1, 0.15) is 0 Å². The van der Waals surface area contributed by atoms with E-state index >= 15 is 0 Å². The molecule has 0 amide bonds. The summed E-state index contributed by atoms with van der Waals surface area (Å²) in [6.45, 7) is 2.13. The largest absolute Gasteiger partial charge is 0.309 e. The molecule has 28 heavy (non-hydrogen) atoms. The Labute approximate surface area is 170 Å². The molecule has 0 aliphatic rings. The van der Waals surface area contributed by atoms with E-state index in [2.05, 4.69) is 104 Å². The van der Waals surface area contributed by atoms with Crippen LogP contribution in [0.2, 0.25) is 0 Å². The van der Waals surface area contributed by atoms with Crippen molar-refractivity contribution in [1.82, 2.24) is 14.8 Å². The van der Waals surface area contributed by atoms with Crippen LogP contribution < -0.4 is 10.6 Å². The molecule has 1 atom stereocenters. The fraction of sp³-hybridized carbons (Fsp3) is 0.292. The van der Waals surface area contributed by atoms with E-state index in [1.807, 2.05) is 12.3 Å². The molecular formula is C24H30N3P. The van der Waals surface area contributed by atoms with Crippen molar-refractivity contribution < 1.29 is 0 Å². The first-order valence-electron chi connectivity index (χ1n) is 9.82. The Hall–Kier alpha value is -2.06. The van der Waals surface area contributed by atoms with Gasteiger partial charge < -0.3 is 4.90 Å². The minimum Gasteiger partial charge on any atom is -0.309 e. The number of pyridine rings is 1. The molecule has 1 unspecified atom stereocenters. The molecule has 0 saturated carbocycles. The lowest BCUT2D eigenvalue weighted by Gasteiger charge is -2.35. The highest BCUT2D eigenvalue weighted by Crippen LogP contribution is 2.50. The zero-order chi connectivity index (χ0) is 19.8.